The molecule has 0 rings (SSSR count). The summed E-state index contributed by atoms with van der Waals surface area (Å²) in [5.41, 5.74) is 0. The zero-order valence-electron chi connectivity index (χ0n) is 7.52. The molecule has 4 nitrogen and oxygen atoms in total. The van der Waals surface area contributed by atoms with E-state index < -0.39 is 0 Å². The Kier molecular flexibility index (Phi) is 61.1. The maximum atomic E-state index is 8.06. The Morgan fingerprint density at radius 3 is 0.727 bits per heavy atom. The van der Waals surface area contributed by atoms with E-state index in [0.29, 0.717) is 0 Å². The van der Waals surface area contributed by atoms with E-state index in [1.165, 1.54) is 0 Å². The fourth-order valence-electron chi connectivity index (χ4n) is 0. The molecular weight excluding hydrogens is 327 g/mol. The smallest absolute Gasteiger partial charge is 0.693 e. The molecule has 0 aliphatic carbocycles. The normalized spacial score (nSPS) is 6.55. The molecule has 0 fully saturated rings. The summed E-state index contributed by atoms with van der Waals surface area (Å²) in [4.78, 5) is 0. The van der Waals surface area contributed by atoms with Gasteiger partial charge in [0.05, 0.1) is 0 Å². The molecule has 0 bridgehead atoms. The van der Waals surface area contributed by atoms with Crippen LogP contribution in [0.25, 0.3) is 12.3 Å². The molecule has 0 unspecified atom stereocenters. The van der Waals surface area contributed by atoms with Gasteiger partial charge in [0.2, 0.25) is 0 Å². The first-order valence-electron chi connectivity index (χ1n) is 2.83. The van der Waals surface area contributed by atoms with E-state index in [2.05, 4.69) is 0 Å². The molecule has 0 aromatic carbocycles. The maximum Gasteiger partial charge on any atom is 2.00 e. The summed E-state index contributed by atoms with van der Waals surface area (Å²) in [6, 6.07) is 0. The molecule has 0 radical (unpaired) electrons. The van der Waals surface area contributed by atoms with Gasteiger partial charge in [0, 0.05) is 12.2 Å². The molecule has 11 heavy (non-hydrogen) atoms. The van der Waals surface area contributed by atoms with Crippen molar-refractivity contribution in [1.29, 1.82) is 0 Å². The van der Waals surface area contributed by atoms with E-state index in [9.17, 15) is 0 Å². The molecule has 0 spiro atoms. The second-order valence-electron chi connectivity index (χ2n) is 2.19. The summed E-state index contributed by atoms with van der Waals surface area (Å²) in [6.45, 7) is 6.89. The minimum atomic E-state index is -0.167. The van der Waals surface area contributed by atoms with E-state index in [-0.39, 0.29) is 45.6 Å². The van der Waals surface area contributed by atoms with Crippen LogP contribution >= 0.6 is 0 Å². The average Bonchev–Trinajstić information content (AvgIpc) is 1.25. The minimum Gasteiger partial charge on any atom is -0.693 e. The third-order valence-corrected chi connectivity index (χ3v) is 0. The van der Waals surface area contributed by atoms with Crippen molar-refractivity contribution >= 4 is 0 Å². The summed E-state index contributed by atoms with van der Waals surface area (Å²) in [5.74, 6) is 0. The van der Waals surface area contributed by atoms with Crippen LogP contribution in [-0.4, -0.2) is 22.4 Å². The van der Waals surface area contributed by atoms with Gasteiger partial charge in [-0.1, -0.05) is 0 Å². The molecule has 0 saturated heterocycles. The van der Waals surface area contributed by atoms with E-state index in [1.54, 1.807) is 27.7 Å². The van der Waals surface area contributed by atoms with E-state index in [1.807, 2.05) is 0 Å². The number of rotatable bonds is 0. The third kappa shape index (κ3) is 2740. The SMILES string of the molecule is CC(C)O.CC(C)O.[NH2-].[NH2-].[Pt+2]. The first-order valence-corrected chi connectivity index (χ1v) is 2.83. The Labute approximate surface area is 83.8 Å². The van der Waals surface area contributed by atoms with Crippen molar-refractivity contribution in [2.45, 2.75) is 39.9 Å². The molecule has 0 aliphatic rings. The molecule has 0 heterocycles. The van der Waals surface area contributed by atoms with Gasteiger partial charge in [-0.3, -0.25) is 0 Å². The zero-order valence-corrected chi connectivity index (χ0v) is 9.79. The maximum absolute atomic E-state index is 8.06. The quantitative estimate of drug-likeness (QED) is 0.701. The fourth-order valence-corrected chi connectivity index (χ4v) is 0. The van der Waals surface area contributed by atoms with Gasteiger partial charge < -0.3 is 22.5 Å². The monoisotopic (exact) mass is 347 g/mol. The topological polar surface area (TPSA) is 107 Å². The van der Waals surface area contributed by atoms with Gasteiger partial charge in [-0.2, -0.15) is 0 Å². The van der Waals surface area contributed by atoms with Crippen molar-refractivity contribution in [3.05, 3.63) is 12.3 Å². The Bertz CT molecular complexity index is 34.1. The molecule has 0 aromatic heterocycles. The summed E-state index contributed by atoms with van der Waals surface area (Å²) in [6.07, 6.45) is -0.333. The second kappa shape index (κ2) is 22.4. The number of hydrogen-bond donors (Lipinski definition) is 2. The van der Waals surface area contributed by atoms with Crippen LogP contribution in [0.5, 0.6) is 0 Å². The first kappa shape index (κ1) is 30.0. The van der Waals surface area contributed by atoms with Gasteiger partial charge in [-0.05, 0) is 27.7 Å². The number of aliphatic hydroxyl groups excluding tert-OH is 2. The van der Waals surface area contributed by atoms with Gasteiger partial charge in [-0.25, -0.2) is 0 Å². The van der Waals surface area contributed by atoms with Crippen LogP contribution in [0, 0.1) is 0 Å². The molecule has 0 amide bonds. The number of hydrogen-bond acceptors (Lipinski definition) is 2. The van der Waals surface area contributed by atoms with Crippen LogP contribution in [0.2, 0.25) is 0 Å². The molecular formula is C6H20N2O2Pt. The van der Waals surface area contributed by atoms with Crippen molar-refractivity contribution in [2.24, 2.45) is 0 Å². The number of aliphatic hydroxyl groups is 2. The minimum absolute atomic E-state index is 0. The Hall–Kier alpha value is 0.528. The van der Waals surface area contributed by atoms with Crippen LogP contribution in [0.4, 0.5) is 0 Å². The summed E-state index contributed by atoms with van der Waals surface area (Å²) in [7, 11) is 0. The van der Waals surface area contributed by atoms with Crippen molar-refractivity contribution in [3.63, 3.8) is 0 Å². The molecule has 0 saturated carbocycles. The molecule has 76 valence electrons. The van der Waals surface area contributed by atoms with Crippen LogP contribution < -0.4 is 0 Å². The molecule has 0 aliphatic heterocycles. The third-order valence-electron chi connectivity index (χ3n) is 0. The van der Waals surface area contributed by atoms with E-state index in [4.69, 9.17) is 10.2 Å². The van der Waals surface area contributed by atoms with Crippen LogP contribution in [0.1, 0.15) is 27.7 Å². The van der Waals surface area contributed by atoms with Gasteiger partial charge >= 0.3 is 21.1 Å². The summed E-state index contributed by atoms with van der Waals surface area (Å²) in [5, 5.41) is 16.1. The second-order valence-corrected chi connectivity index (χ2v) is 2.19. The predicted molar refractivity (Wildman–Crippen MR) is 45.3 cm³/mol. The predicted octanol–water partition coefficient (Wildman–Crippen LogP) is 2.21. The van der Waals surface area contributed by atoms with Gasteiger partial charge in [0.25, 0.3) is 0 Å². The summed E-state index contributed by atoms with van der Waals surface area (Å²) >= 11 is 0. The fraction of sp³-hybridized carbons (Fsp3) is 1.00. The Morgan fingerprint density at radius 1 is 0.727 bits per heavy atom. The van der Waals surface area contributed by atoms with Crippen molar-refractivity contribution in [3.8, 4) is 0 Å². The van der Waals surface area contributed by atoms with Gasteiger partial charge in [0.15, 0.2) is 0 Å². The molecule has 5 heteroatoms. The van der Waals surface area contributed by atoms with Crippen LogP contribution in [0.3, 0.4) is 0 Å². The van der Waals surface area contributed by atoms with Gasteiger partial charge in [-0.15, -0.1) is 0 Å². The standard InChI is InChI=1S/2C3H8O.2H2N.Pt/c2*1-3(2)4;;;/h2*3-4H,1-2H3;2*1H2;/q;;2*-1;+2. The molecule has 6 N–H and O–H groups in total. The van der Waals surface area contributed by atoms with Crippen molar-refractivity contribution < 1.29 is 31.3 Å². The molecule has 0 aromatic rings. The van der Waals surface area contributed by atoms with Crippen LogP contribution in [0.15, 0.2) is 0 Å². The van der Waals surface area contributed by atoms with Crippen molar-refractivity contribution in [2.75, 3.05) is 0 Å². The zero-order chi connectivity index (χ0) is 7.15. The number of nitrogens with two attached hydrogens (primary N) is 2. The summed E-state index contributed by atoms with van der Waals surface area (Å²) < 4.78 is 0. The van der Waals surface area contributed by atoms with E-state index >= 15 is 0 Å². The van der Waals surface area contributed by atoms with Gasteiger partial charge in [0.1, 0.15) is 0 Å². The van der Waals surface area contributed by atoms with Crippen LogP contribution in [-0.2, 0) is 21.1 Å². The average molecular weight is 347 g/mol. The largest absolute Gasteiger partial charge is 2.00 e. The van der Waals surface area contributed by atoms with E-state index in [0.717, 1.165) is 0 Å². The molecule has 0 atom stereocenters. The first-order chi connectivity index (χ1) is 3.46. The Balaban J connectivity index is -0.0000000171. The van der Waals surface area contributed by atoms with Crippen molar-refractivity contribution in [1.82, 2.24) is 0 Å². The Morgan fingerprint density at radius 2 is 0.727 bits per heavy atom.